The number of imide groups is 1. The van der Waals surface area contributed by atoms with E-state index in [2.05, 4.69) is 6.07 Å². The average molecular weight is 425 g/mol. The molecule has 0 atom stereocenters. The van der Waals surface area contributed by atoms with Gasteiger partial charge >= 0.3 is 0 Å². The fraction of sp³-hybridized carbons (Fsp3) is 0.214. The van der Waals surface area contributed by atoms with E-state index in [1.807, 2.05) is 99.3 Å². The largest absolute Gasteiger partial charge is 0.337 e. The zero-order valence-electron chi connectivity index (χ0n) is 19.1. The van der Waals surface area contributed by atoms with Gasteiger partial charge in [-0.1, -0.05) is 71.8 Å². The minimum Gasteiger partial charge on any atom is -0.337 e. The van der Waals surface area contributed by atoms with Gasteiger partial charge in [0.2, 0.25) is 0 Å². The lowest BCUT2D eigenvalue weighted by atomic mass is 9.97. The molecule has 0 radical (unpaired) electrons. The molecule has 0 N–H and O–H groups in total. The zero-order chi connectivity index (χ0) is 22.8. The number of amides is 2. The molecule has 1 heterocycles. The second-order valence-corrected chi connectivity index (χ2v) is 8.30. The molecule has 0 aliphatic carbocycles. The molecule has 3 aromatic rings. The van der Waals surface area contributed by atoms with Crippen LogP contribution >= 0.6 is 0 Å². The first-order chi connectivity index (χ1) is 15.4. The molecular formula is C28H28N2O2. The number of hydrogen-bond donors (Lipinski definition) is 0. The summed E-state index contributed by atoms with van der Waals surface area (Å²) in [5.41, 5.74) is 6.81. The Labute approximate surface area is 189 Å². The Morgan fingerprint density at radius 2 is 1.44 bits per heavy atom. The maximum atomic E-state index is 13.7. The van der Waals surface area contributed by atoms with Gasteiger partial charge < -0.3 is 4.90 Å². The van der Waals surface area contributed by atoms with Crippen molar-refractivity contribution in [2.24, 2.45) is 0 Å². The fourth-order valence-corrected chi connectivity index (χ4v) is 4.25. The van der Waals surface area contributed by atoms with E-state index in [1.54, 1.807) is 0 Å². The van der Waals surface area contributed by atoms with Crippen LogP contribution in [-0.4, -0.2) is 23.3 Å². The van der Waals surface area contributed by atoms with E-state index in [1.165, 1.54) is 4.90 Å². The first-order valence-corrected chi connectivity index (χ1v) is 11.0. The third kappa shape index (κ3) is 3.96. The van der Waals surface area contributed by atoms with Crippen LogP contribution < -0.4 is 4.90 Å². The topological polar surface area (TPSA) is 40.6 Å². The van der Waals surface area contributed by atoms with E-state index in [-0.39, 0.29) is 18.4 Å². The summed E-state index contributed by atoms with van der Waals surface area (Å²) in [6, 6.07) is 23.7. The van der Waals surface area contributed by atoms with E-state index in [9.17, 15) is 9.59 Å². The van der Waals surface area contributed by atoms with E-state index in [0.717, 1.165) is 33.5 Å². The molecule has 0 saturated heterocycles. The van der Waals surface area contributed by atoms with Crippen LogP contribution in [0.1, 0.15) is 34.7 Å². The van der Waals surface area contributed by atoms with Crippen molar-refractivity contribution >= 4 is 23.1 Å². The second kappa shape index (κ2) is 8.83. The van der Waals surface area contributed by atoms with Crippen molar-refractivity contribution in [1.82, 2.24) is 4.90 Å². The van der Waals surface area contributed by atoms with Gasteiger partial charge in [0.1, 0.15) is 5.70 Å². The second-order valence-electron chi connectivity index (χ2n) is 8.30. The maximum Gasteiger partial charge on any atom is 0.278 e. The quantitative estimate of drug-likeness (QED) is 0.496. The van der Waals surface area contributed by atoms with E-state index in [4.69, 9.17) is 0 Å². The summed E-state index contributed by atoms with van der Waals surface area (Å²) in [4.78, 5) is 30.8. The molecule has 4 rings (SSSR count). The first kappa shape index (κ1) is 21.6. The number of hydrogen-bond acceptors (Lipinski definition) is 3. The number of para-hydroxylation sites is 1. The van der Waals surface area contributed by atoms with Crippen molar-refractivity contribution in [3.63, 3.8) is 0 Å². The predicted octanol–water partition coefficient (Wildman–Crippen LogP) is 5.42. The summed E-state index contributed by atoms with van der Waals surface area (Å²) in [5.74, 6) is -0.497. The number of anilines is 1. The minimum atomic E-state index is -0.253. The van der Waals surface area contributed by atoms with Crippen LogP contribution in [0, 0.1) is 20.8 Å². The third-order valence-electron chi connectivity index (χ3n) is 5.91. The van der Waals surface area contributed by atoms with Crippen LogP contribution in [0.3, 0.4) is 0 Å². The van der Waals surface area contributed by atoms with Gasteiger partial charge in [-0.15, -0.1) is 0 Å². The zero-order valence-corrected chi connectivity index (χ0v) is 19.1. The highest BCUT2D eigenvalue weighted by atomic mass is 16.2. The highest BCUT2D eigenvalue weighted by molar-refractivity contribution is 6.36. The number of nitrogens with zero attached hydrogens (tertiary/aromatic N) is 2. The molecule has 0 unspecified atom stereocenters. The molecule has 1 aliphatic heterocycles. The summed E-state index contributed by atoms with van der Waals surface area (Å²) in [6.45, 7) is 8.87. The maximum absolute atomic E-state index is 13.7. The summed E-state index contributed by atoms with van der Waals surface area (Å²) in [7, 11) is 0. The van der Waals surface area contributed by atoms with Crippen LogP contribution in [0.25, 0.3) is 5.57 Å². The molecule has 162 valence electrons. The lowest BCUT2D eigenvalue weighted by Crippen LogP contribution is -2.34. The Hall–Kier alpha value is -3.66. The smallest absolute Gasteiger partial charge is 0.278 e. The Morgan fingerprint density at radius 3 is 2.06 bits per heavy atom. The van der Waals surface area contributed by atoms with Gasteiger partial charge in [0.05, 0.1) is 12.1 Å². The van der Waals surface area contributed by atoms with Crippen molar-refractivity contribution in [2.45, 2.75) is 34.2 Å². The van der Waals surface area contributed by atoms with Crippen molar-refractivity contribution in [3.05, 3.63) is 106 Å². The highest BCUT2D eigenvalue weighted by Crippen LogP contribution is 2.36. The normalized spacial score (nSPS) is 13.8. The summed E-state index contributed by atoms with van der Waals surface area (Å²) < 4.78 is 0. The Kier molecular flexibility index (Phi) is 5.95. The SMILES string of the molecule is CCN(C1=C(c2ccc(C)cc2C)C(=O)N(Cc2ccc(C)cc2)C1=O)c1ccccc1. The Bertz CT molecular complexity index is 1190. The first-order valence-electron chi connectivity index (χ1n) is 11.0. The van der Waals surface area contributed by atoms with Gasteiger partial charge in [-0.25, -0.2) is 0 Å². The fourth-order valence-electron chi connectivity index (χ4n) is 4.25. The molecule has 1 aliphatic rings. The molecule has 3 aromatic carbocycles. The molecule has 2 amide bonds. The molecule has 0 bridgehead atoms. The van der Waals surface area contributed by atoms with Gasteiger partial charge in [0, 0.05) is 12.2 Å². The Morgan fingerprint density at radius 1 is 0.781 bits per heavy atom. The van der Waals surface area contributed by atoms with E-state index < -0.39 is 0 Å². The van der Waals surface area contributed by atoms with E-state index in [0.29, 0.717) is 17.8 Å². The summed E-state index contributed by atoms with van der Waals surface area (Å²) >= 11 is 0. The molecule has 0 fully saturated rings. The van der Waals surface area contributed by atoms with Crippen molar-refractivity contribution in [3.8, 4) is 0 Å². The molecule has 4 heteroatoms. The molecular weight excluding hydrogens is 396 g/mol. The monoisotopic (exact) mass is 424 g/mol. The van der Waals surface area contributed by atoms with Gasteiger partial charge in [-0.3, -0.25) is 14.5 Å². The number of carbonyl (C=O) groups is 2. The van der Waals surface area contributed by atoms with Crippen LogP contribution in [0.5, 0.6) is 0 Å². The number of likely N-dealkylation sites (N-methyl/N-ethyl adjacent to an activating group) is 1. The van der Waals surface area contributed by atoms with Crippen LogP contribution in [0.15, 0.2) is 78.5 Å². The summed E-state index contributed by atoms with van der Waals surface area (Å²) in [5, 5.41) is 0. The van der Waals surface area contributed by atoms with Crippen molar-refractivity contribution in [1.29, 1.82) is 0 Å². The van der Waals surface area contributed by atoms with Gasteiger partial charge in [-0.2, -0.15) is 0 Å². The van der Waals surface area contributed by atoms with Crippen molar-refractivity contribution in [2.75, 3.05) is 11.4 Å². The summed E-state index contributed by atoms with van der Waals surface area (Å²) in [6.07, 6.45) is 0. The van der Waals surface area contributed by atoms with Crippen LogP contribution in [0.2, 0.25) is 0 Å². The lowest BCUT2D eigenvalue weighted by Gasteiger charge is -2.25. The number of benzene rings is 3. The minimum absolute atomic E-state index is 0.244. The molecule has 0 spiro atoms. The molecule has 0 aromatic heterocycles. The highest BCUT2D eigenvalue weighted by Gasteiger charge is 2.42. The number of aryl methyl sites for hydroxylation is 3. The standard InChI is InChI=1S/C28H28N2O2/c1-5-29(23-9-7-6-8-10-23)26-25(24-16-13-20(3)17-21(24)4)27(31)30(28(26)32)18-22-14-11-19(2)12-15-22/h6-17H,5,18H2,1-4H3. The third-order valence-corrected chi connectivity index (χ3v) is 5.91. The number of carbonyl (C=O) groups excluding carboxylic acids is 2. The molecule has 4 nitrogen and oxygen atoms in total. The molecule has 0 saturated carbocycles. The Balaban J connectivity index is 1.84. The van der Waals surface area contributed by atoms with Gasteiger partial charge in [0.15, 0.2) is 0 Å². The lowest BCUT2D eigenvalue weighted by molar-refractivity contribution is -0.137. The van der Waals surface area contributed by atoms with Crippen LogP contribution in [0.4, 0.5) is 5.69 Å². The average Bonchev–Trinajstić information content (AvgIpc) is 3.01. The van der Waals surface area contributed by atoms with Crippen LogP contribution in [-0.2, 0) is 16.1 Å². The van der Waals surface area contributed by atoms with E-state index >= 15 is 0 Å². The van der Waals surface area contributed by atoms with Gasteiger partial charge in [0.25, 0.3) is 11.8 Å². The van der Waals surface area contributed by atoms with Gasteiger partial charge in [-0.05, 0) is 56.5 Å². The molecule has 32 heavy (non-hydrogen) atoms. The predicted molar refractivity (Wildman–Crippen MR) is 129 cm³/mol. The van der Waals surface area contributed by atoms with Crippen molar-refractivity contribution < 1.29 is 9.59 Å². The number of rotatable bonds is 6.